The van der Waals surface area contributed by atoms with Gasteiger partial charge in [-0.3, -0.25) is 9.04 Å². The summed E-state index contributed by atoms with van der Waals surface area (Å²) in [5.74, 6) is -0.590. The lowest BCUT2D eigenvalue weighted by atomic mass is 10.3. The SMILES string of the molecule is CCC[N-]C(=O)C(=CS(=O)(=O)O)[N+](C)(C)CCC. The zero-order valence-electron chi connectivity index (χ0n) is 11.4. The minimum absolute atomic E-state index is 0.0206. The molecule has 106 valence electrons. The summed E-state index contributed by atoms with van der Waals surface area (Å²) in [5.41, 5.74) is -0.0206. The highest BCUT2D eigenvalue weighted by atomic mass is 32.2. The highest BCUT2D eigenvalue weighted by Crippen LogP contribution is 2.17. The van der Waals surface area contributed by atoms with Crippen molar-refractivity contribution in [2.24, 2.45) is 0 Å². The summed E-state index contributed by atoms with van der Waals surface area (Å²) in [6.45, 7) is 4.72. The Morgan fingerprint density at radius 2 is 1.83 bits per heavy atom. The maximum Gasteiger partial charge on any atom is 0.293 e. The van der Waals surface area contributed by atoms with E-state index < -0.39 is 16.0 Å². The van der Waals surface area contributed by atoms with Gasteiger partial charge in [0, 0.05) is 0 Å². The number of hydrogen-bond donors (Lipinski definition) is 1. The van der Waals surface area contributed by atoms with E-state index >= 15 is 0 Å². The molecule has 0 aliphatic carbocycles. The fourth-order valence-electron chi connectivity index (χ4n) is 1.57. The summed E-state index contributed by atoms with van der Waals surface area (Å²) in [6, 6.07) is 0. The molecule has 0 radical (unpaired) electrons. The Morgan fingerprint density at radius 1 is 1.28 bits per heavy atom. The predicted octanol–water partition coefficient (Wildman–Crippen LogP) is 1.51. The summed E-state index contributed by atoms with van der Waals surface area (Å²) < 4.78 is 30.8. The quantitative estimate of drug-likeness (QED) is 0.434. The third-order valence-electron chi connectivity index (χ3n) is 2.39. The van der Waals surface area contributed by atoms with Crippen molar-refractivity contribution in [3.05, 3.63) is 16.4 Å². The first kappa shape index (κ1) is 17.1. The average Bonchev–Trinajstić information content (AvgIpc) is 2.21. The van der Waals surface area contributed by atoms with Gasteiger partial charge in [0.2, 0.25) is 0 Å². The fourth-order valence-corrected chi connectivity index (χ4v) is 2.24. The second kappa shape index (κ2) is 6.86. The standard InChI is InChI=1S/C11H22N2O4S/c1-5-7-12-11(14)10(9-18(15,16)17)13(3,4)8-6-2/h9H,5-8H2,1-4H3,(H-,12,14,15,16,17). The van der Waals surface area contributed by atoms with E-state index in [1.807, 2.05) is 13.8 Å². The maximum atomic E-state index is 11.9. The molecule has 0 aromatic heterocycles. The smallest absolute Gasteiger partial charge is 0.293 e. The number of rotatable bonds is 7. The number of likely N-dealkylation sites (N-methyl/N-ethyl adjacent to an activating group) is 1. The normalized spacial score (nSPS) is 13.5. The van der Waals surface area contributed by atoms with Crippen molar-refractivity contribution < 1.29 is 22.2 Å². The van der Waals surface area contributed by atoms with Gasteiger partial charge in [0.1, 0.15) is 11.3 Å². The first-order valence-corrected chi connectivity index (χ1v) is 7.39. The van der Waals surface area contributed by atoms with E-state index in [-0.39, 0.29) is 10.2 Å². The topological polar surface area (TPSA) is 85.5 Å². The van der Waals surface area contributed by atoms with Crippen LogP contribution in [-0.4, -0.2) is 50.5 Å². The third-order valence-corrected chi connectivity index (χ3v) is 2.91. The molecule has 0 saturated heterocycles. The lowest BCUT2D eigenvalue weighted by Crippen LogP contribution is -2.42. The molecule has 0 atom stereocenters. The number of amides is 1. The highest BCUT2D eigenvalue weighted by Gasteiger charge is 2.25. The van der Waals surface area contributed by atoms with Crippen LogP contribution >= 0.6 is 0 Å². The first-order valence-electron chi connectivity index (χ1n) is 5.88. The molecule has 1 amide bonds. The van der Waals surface area contributed by atoms with E-state index in [1.54, 1.807) is 14.1 Å². The molecule has 0 rings (SSSR count). The molecule has 0 aromatic carbocycles. The van der Waals surface area contributed by atoms with Gasteiger partial charge in [-0.25, -0.2) is 0 Å². The van der Waals surface area contributed by atoms with E-state index in [4.69, 9.17) is 4.55 Å². The summed E-state index contributed by atoms with van der Waals surface area (Å²) in [7, 11) is -0.937. The van der Waals surface area contributed by atoms with Crippen LogP contribution in [0.3, 0.4) is 0 Å². The molecular formula is C11H22N2O4S. The van der Waals surface area contributed by atoms with Crippen LogP contribution in [0.1, 0.15) is 26.7 Å². The van der Waals surface area contributed by atoms with Gasteiger partial charge in [0.15, 0.2) is 5.70 Å². The first-order chi connectivity index (χ1) is 8.14. The molecule has 18 heavy (non-hydrogen) atoms. The number of carbonyl (C=O) groups excluding carboxylic acids is 1. The molecule has 0 saturated carbocycles. The van der Waals surface area contributed by atoms with Crippen LogP contribution in [0, 0.1) is 0 Å². The van der Waals surface area contributed by atoms with Crippen molar-refractivity contribution >= 4 is 16.0 Å². The van der Waals surface area contributed by atoms with Crippen LogP contribution < -0.4 is 0 Å². The summed E-state index contributed by atoms with van der Waals surface area (Å²) >= 11 is 0. The molecule has 0 aromatic rings. The van der Waals surface area contributed by atoms with Crippen LogP contribution in [-0.2, 0) is 14.9 Å². The molecule has 1 N–H and O–H groups in total. The third kappa shape index (κ3) is 6.13. The largest absolute Gasteiger partial charge is 0.644 e. The molecule has 0 aliphatic heterocycles. The zero-order chi connectivity index (χ0) is 14.4. The van der Waals surface area contributed by atoms with Crippen molar-refractivity contribution in [2.45, 2.75) is 26.7 Å². The zero-order valence-corrected chi connectivity index (χ0v) is 12.2. The second-order valence-corrected chi connectivity index (χ2v) is 5.88. The minimum Gasteiger partial charge on any atom is -0.644 e. The molecule has 0 bridgehead atoms. The Bertz CT molecular complexity index is 413. The summed E-state index contributed by atoms with van der Waals surface area (Å²) in [6.07, 6.45) is 1.48. The Labute approximate surface area is 109 Å². The van der Waals surface area contributed by atoms with Gasteiger partial charge in [-0.2, -0.15) is 8.42 Å². The van der Waals surface area contributed by atoms with E-state index in [1.165, 1.54) is 0 Å². The monoisotopic (exact) mass is 278 g/mol. The number of nitrogens with zero attached hydrogens (tertiary/aromatic N) is 2. The lowest BCUT2D eigenvalue weighted by molar-refractivity contribution is -0.847. The van der Waals surface area contributed by atoms with Crippen molar-refractivity contribution in [3.63, 3.8) is 0 Å². The van der Waals surface area contributed by atoms with Crippen LogP contribution in [0.25, 0.3) is 5.32 Å². The predicted molar refractivity (Wildman–Crippen MR) is 70.4 cm³/mol. The molecule has 0 spiro atoms. The van der Waals surface area contributed by atoms with Gasteiger partial charge in [0.25, 0.3) is 10.1 Å². The van der Waals surface area contributed by atoms with E-state index in [0.717, 1.165) is 6.42 Å². The van der Waals surface area contributed by atoms with Crippen LogP contribution in [0.4, 0.5) is 0 Å². The molecule has 0 fully saturated rings. The maximum absolute atomic E-state index is 11.9. The van der Waals surface area contributed by atoms with Crippen molar-refractivity contribution in [2.75, 3.05) is 27.2 Å². The highest BCUT2D eigenvalue weighted by molar-refractivity contribution is 7.88. The fraction of sp³-hybridized carbons (Fsp3) is 0.727. The van der Waals surface area contributed by atoms with Crippen molar-refractivity contribution in [1.29, 1.82) is 0 Å². The molecule has 0 aliphatic rings. The molecular weight excluding hydrogens is 256 g/mol. The average molecular weight is 278 g/mol. The van der Waals surface area contributed by atoms with E-state index in [0.29, 0.717) is 24.9 Å². The van der Waals surface area contributed by atoms with Crippen LogP contribution in [0.15, 0.2) is 11.1 Å². The lowest BCUT2D eigenvalue weighted by Gasteiger charge is -2.33. The van der Waals surface area contributed by atoms with Gasteiger partial charge in [-0.1, -0.05) is 20.3 Å². The Hall–Kier alpha value is -0.920. The molecule has 6 nitrogen and oxygen atoms in total. The Kier molecular flexibility index (Phi) is 6.51. The van der Waals surface area contributed by atoms with Gasteiger partial charge in [-0.15, -0.1) is 6.54 Å². The molecule has 7 heteroatoms. The Balaban J connectivity index is 5.32. The number of carbonyl (C=O) groups is 1. The summed E-state index contributed by atoms with van der Waals surface area (Å²) in [4.78, 5) is 11.9. The van der Waals surface area contributed by atoms with Gasteiger partial charge in [-0.05, 0) is 6.42 Å². The second-order valence-electron chi connectivity index (χ2n) is 4.61. The van der Waals surface area contributed by atoms with Gasteiger partial charge >= 0.3 is 0 Å². The number of hydrogen-bond acceptors (Lipinski definition) is 3. The molecule has 0 unspecified atom stereocenters. The summed E-state index contributed by atoms with van der Waals surface area (Å²) in [5, 5.41) is 4.38. The van der Waals surface area contributed by atoms with Crippen molar-refractivity contribution in [3.8, 4) is 0 Å². The van der Waals surface area contributed by atoms with E-state index in [2.05, 4.69) is 5.32 Å². The van der Waals surface area contributed by atoms with Gasteiger partial charge in [0.05, 0.1) is 20.6 Å². The number of quaternary nitrogens is 1. The van der Waals surface area contributed by atoms with Crippen LogP contribution in [0.2, 0.25) is 0 Å². The van der Waals surface area contributed by atoms with Gasteiger partial charge < -0.3 is 10.1 Å². The van der Waals surface area contributed by atoms with E-state index in [9.17, 15) is 13.2 Å². The minimum atomic E-state index is -4.35. The van der Waals surface area contributed by atoms with Crippen molar-refractivity contribution in [1.82, 2.24) is 0 Å². The molecule has 0 heterocycles. The Morgan fingerprint density at radius 3 is 2.22 bits per heavy atom. The van der Waals surface area contributed by atoms with Crippen LogP contribution in [0.5, 0.6) is 0 Å².